The first-order valence-corrected chi connectivity index (χ1v) is 10.4. The first-order chi connectivity index (χ1) is 11.3. The zero-order valence-corrected chi connectivity index (χ0v) is 15.1. The Morgan fingerprint density at radius 3 is 1.96 bits per heavy atom. The number of piperazine rings is 1. The molecule has 1 saturated heterocycles. The van der Waals surface area contributed by atoms with Gasteiger partial charge in [0, 0.05) is 45.4 Å². The lowest BCUT2D eigenvalue weighted by molar-refractivity contribution is 0.0339. The summed E-state index contributed by atoms with van der Waals surface area (Å²) in [5, 5.41) is 9.50. The Kier molecular flexibility index (Phi) is 7.22. The van der Waals surface area contributed by atoms with Gasteiger partial charge in [-0.25, -0.2) is 0 Å². The van der Waals surface area contributed by atoms with Crippen LogP contribution in [-0.2, 0) is 0 Å². The van der Waals surface area contributed by atoms with Gasteiger partial charge in [0.05, 0.1) is 0 Å². The molecule has 3 aliphatic rings. The van der Waals surface area contributed by atoms with Crippen LogP contribution >= 0.6 is 0 Å². The highest BCUT2D eigenvalue weighted by Crippen LogP contribution is 2.28. The third kappa shape index (κ3) is 5.44. The molecule has 23 heavy (non-hydrogen) atoms. The summed E-state index contributed by atoms with van der Waals surface area (Å²) < 4.78 is 0. The Balaban J connectivity index is 1.48. The first-order valence-electron chi connectivity index (χ1n) is 10.4. The maximum atomic E-state index is 9.50. The van der Waals surface area contributed by atoms with E-state index in [0.717, 1.165) is 18.3 Å². The molecule has 3 fully saturated rings. The minimum absolute atomic E-state index is 0.350. The third-order valence-electron chi connectivity index (χ3n) is 6.61. The molecule has 1 atom stereocenters. The van der Waals surface area contributed by atoms with Gasteiger partial charge in [-0.3, -0.25) is 4.90 Å². The van der Waals surface area contributed by atoms with Crippen molar-refractivity contribution in [3.05, 3.63) is 0 Å². The monoisotopic (exact) mass is 322 g/mol. The van der Waals surface area contributed by atoms with E-state index in [1.807, 2.05) is 0 Å². The molecule has 0 amide bonds. The van der Waals surface area contributed by atoms with E-state index in [-0.39, 0.29) is 0 Å². The molecule has 3 rings (SSSR count). The van der Waals surface area contributed by atoms with E-state index < -0.39 is 0 Å². The molecule has 1 aliphatic heterocycles. The fourth-order valence-electron chi connectivity index (χ4n) is 5.22. The molecular weight excluding hydrogens is 284 g/mol. The number of nitrogens with zero attached hydrogens (tertiary/aromatic N) is 2. The molecule has 2 aliphatic carbocycles. The third-order valence-corrected chi connectivity index (χ3v) is 6.61. The van der Waals surface area contributed by atoms with E-state index >= 15 is 0 Å². The minimum atomic E-state index is 0.350. The van der Waals surface area contributed by atoms with Crippen molar-refractivity contribution in [2.75, 3.05) is 39.3 Å². The largest absolute Gasteiger partial charge is 0.396 e. The minimum Gasteiger partial charge on any atom is -0.396 e. The van der Waals surface area contributed by atoms with Crippen LogP contribution in [0.3, 0.4) is 0 Å². The summed E-state index contributed by atoms with van der Waals surface area (Å²) in [6, 6.07) is 0.597. The Labute approximate surface area is 143 Å². The standard InChI is InChI=1S/C20H38N2O/c23-14-11-20-17-21(15-18-7-3-1-4-8-18)12-13-22(20)16-19-9-5-2-6-10-19/h18-20,23H,1-17H2/t20-/m0/s1. The van der Waals surface area contributed by atoms with Gasteiger partial charge in [0.25, 0.3) is 0 Å². The van der Waals surface area contributed by atoms with Crippen LogP contribution in [0.1, 0.15) is 70.6 Å². The Morgan fingerprint density at radius 1 is 0.739 bits per heavy atom. The van der Waals surface area contributed by atoms with E-state index in [2.05, 4.69) is 9.80 Å². The average Bonchev–Trinajstić information content (AvgIpc) is 2.59. The Bertz CT molecular complexity index is 324. The zero-order valence-electron chi connectivity index (χ0n) is 15.1. The van der Waals surface area contributed by atoms with Gasteiger partial charge in [0.2, 0.25) is 0 Å². The quantitative estimate of drug-likeness (QED) is 0.810. The van der Waals surface area contributed by atoms with Gasteiger partial charge >= 0.3 is 0 Å². The van der Waals surface area contributed by atoms with Gasteiger partial charge in [-0.2, -0.15) is 0 Å². The van der Waals surface area contributed by atoms with Gasteiger partial charge in [0.1, 0.15) is 0 Å². The summed E-state index contributed by atoms with van der Waals surface area (Å²) in [6.45, 7) is 6.65. The molecule has 134 valence electrons. The maximum absolute atomic E-state index is 9.50. The number of aliphatic hydroxyl groups is 1. The number of hydrogen-bond acceptors (Lipinski definition) is 3. The van der Waals surface area contributed by atoms with Gasteiger partial charge in [0.15, 0.2) is 0 Å². The Morgan fingerprint density at radius 2 is 1.35 bits per heavy atom. The van der Waals surface area contributed by atoms with Crippen LogP contribution in [-0.4, -0.2) is 60.3 Å². The predicted octanol–water partition coefficient (Wildman–Crippen LogP) is 3.52. The fraction of sp³-hybridized carbons (Fsp3) is 1.00. The van der Waals surface area contributed by atoms with Crippen molar-refractivity contribution < 1.29 is 5.11 Å². The van der Waals surface area contributed by atoms with Crippen LogP contribution in [0, 0.1) is 11.8 Å². The lowest BCUT2D eigenvalue weighted by Gasteiger charge is -2.44. The van der Waals surface area contributed by atoms with Gasteiger partial charge in [-0.05, 0) is 43.9 Å². The SMILES string of the molecule is OCC[C@H]1CN(CC2CCCCC2)CCN1CC1CCCCC1. The maximum Gasteiger partial charge on any atom is 0.0446 e. The van der Waals surface area contributed by atoms with Crippen molar-refractivity contribution in [1.29, 1.82) is 0 Å². The van der Waals surface area contributed by atoms with Crippen LogP contribution in [0.2, 0.25) is 0 Å². The lowest BCUT2D eigenvalue weighted by atomic mass is 9.87. The molecule has 3 heteroatoms. The summed E-state index contributed by atoms with van der Waals surface area (Å²) in [7, 11) is 0. The lowest BCUT2D eigenvalue weighted by Crippen LogP contribution is -2.55. The molecule has 0 bridgehead atoms. The predicted molar refractivity (Wildman–Crippen MR) is 96.7 cm³/mol. The molecule has 1 N–H and O–H groups in total. The second kappa shape index (κ2) is 9.39. The normalized spacial score (nSPS) is 29.9. The van der Waals surface area contributed by atoms with Crippen molar-refractivity contribution in [2.24, 2.45) is 11.8 Å². The molecule has 1 heterocycles. The Hall–Kier alpha value is -0.120. The zero-order chi connectivity index (χ0) is 15.9. The van der Waals surface area contributed by atoms with Crippen LogP contribution in [0.5, 0.6) is 0 Å². The van der Waals surface area contributed by atoms with Crippen molar-refractivity contribution >= 4 is 0 Å². The number of hydrogen-bond donors (Lipinski definition) is 1. The molecule has 0 unspecified atom stereocenters. The van der Waals surface area contributed by atoms with Crippen LogP contribution in [0.25, 0.3) is 0 Å². The molecule has 0 spiro atoms. The van der Waals surface area contributed by atoms with E-state index in [1.165, 1.54) is 96.9 Å². The average molecular weight is 323 g/mol. The summed E-state index contributed by atoms with van der Waals surface area (Å²) in [6.07, 6.45) is 15.4. The van der Waals surface area contributed by atoms with Gasteiger partial charge in [-0.1, -0.05) is 38.5 Å². The van der Waals surface area contributed by atoms with E-state index in [9.17, 15) is 5.11 Å². The highest BCUT2D eigenvalue weighted by molar-refractivity contribution is 4.85. The summed E-state index contributed by atoms with van der Waals surface area (Å²) in [5.41, 5.74) is 0. The van der Waals surface area contributed by atoms with E-state index in [4.69, 9.17) is 0 Å². The smallest absolute Gasteiger partial charge is 0.0446 e. The number of aliphatic hydroxyl groups excluding tert-OH is 1. The summed E-state index contributed by atoms with van der Waals surface area (Å²) in [4.78, 5) is 5.44. The van der Waals surface area contributed by atoms with Gasteiger partial charge < -0.3 is 10.0 Å². The van der Waals surface area contributed by atoms with Crippen LogP contribution < -0.4 is 0 Å². The van der Waals surface area contributed by atoms with Crippen molar-refractivity contribution in [3.63, 3.8) is 0 Å². The molecule has 0 aromatic rings. The molecular formula is C20H38N2O. The highest BCUT2D eigenvalue weighted by Gasteiger charge is 2.30. The second-order valence-electron chi connectivity index (χ2n) is 8.43. The second-order valence-corrected chi connectivity index (χ2v) is 8.43. The number of rotatable bonds is 6. The van der Waals surface area contributed by atoms with Crippen LogP contribution in [0.4, 0.5) is 0 Å². The van der Waals surface area contributed by atoms with Gasteiger partial charge in [-0.15, -0.1) is 0 Å². The van der Waals surface area contributed by atoms with Crippen molar-refractivity contribution in [2.45, 2.75) is 76.7 Å². The molecule has 0 aromatic heterocycles. The van der Waals surface area contributed by atoms with E-state index in [1.54, 1.807) is 0 Å². The first kappa shape index (κ1) is 17.7. The molecule has 0 radical (unpaired) electrons. The molecule has 0 aromatic carbocycles. The fourth-order valence-corrected chi connectivity index (χ4v) is 5.22. The highest BCUT2D eigenvalue weighted by atomic mass is 16.3. The molecule has 2 saturated carbocycles. The van der Waals surface area contributed by atoms with Crippen molar-refractivity contribution in [1.82, 2.24) is 9.80 Å². The van der Waals surface area contributed by atoms with Crippen LogP contribution in [0.15, 0.2) is 0 Å². The summed E-state index contributed by atoms with van der Waals surface area (Å²) >= 11 is 0. The van der Waals surface area contributed by atoms with Crippen molar-refractivity contribution in [3.8, 4) is 0 Å². The summed E-state index contributed by atoms with van der Waals surface area (Å²) in [5.74, 6) is 1.87. The topological polar surface area (TPSA) is 26.7 Å². The molecule has 3 nitrogen and oxygen atoms in total. The van der Waals surface area contributed by atoms with E-state index in [0.29, 0.717) is 12.6 Å².